The molecule has 1 heterocycles. The zero-order valence-electron chi connectivity index (χ0n) is 11.8. The molecule has 2 unspecified atom stereocenters. The molecule has 0 aromatic rings. The van der Waals surface area contributed by atoms with E-state index < -0.39 is 0 Å². The van der Waals surface area contributed by atoms with Crippen LogP contribution < -0.4 is 0 Å². The minimum Gasteiger partial charge on any atom is -0.225 e. The van der Waals surface area contributed by atoms with Crippen LogP contribution in [-0.4, -0.2) is 48.6 Å². The Balaban J connectivity index is 3.18. The van der Waals surface area contributed by atoms with E-state index in [9.17, 15) is 9.59 Å². The minimum atomic E-state index is -0.107. The number of hydrogen-bond acceptors (Lipinski definition) is 2. The van der Waals surface area contributed by atoms with E-state index in [2.05, 4.69) is 13.8 Å². The van der Waals surface area contributed by atoms with Gasteiger partial charge in [-0.05, 0) is 13.3 Å². The molecular weight excluding hydrogens is 216 g/mol. The van der Waals surface area contributed by atoms with Gasteiger partial charge in [0.15, 0.2) is 0 Å². The molecule has 4 nitrogen and oxygen atoms in total. The van der Waals surface area contributed by atoms with Crippen LogP contribution in [0.1, 0.15) is 27.2 Å². The van der Waals surface area contributed by atoms with E-state index in [-0.39, 0.29) is 20.9 Å². The van der Waals surface area contributed by atoms with Crippen molar-refractivity contribution in [2.24, 2.45) is 5.92 Å². The van der Waals surface area contributed by atoms with Crippen LogP contribution in [0.4, 0.5) is 4.79 Å². The quantitative estimate of drug-likeness (QED) is 0.708. The minimum absolute atomic E-state index is 0.0547. The van der Waals surface area contributed by atoms with Crippen LogP contribution in [0.5, 0.6) is 0 Å². The van der Waals surface area contributed by atoms with Gasteiger partial charge in [0, 0.05) is 5.92 Å². The van der Waals surface area contributed by atoms with Crippen molar-refractivity contribution in [3.05, 3.63) is 11.8 Å². The fourth-order valence-electron chi connectivity index (χ4n) is 2.55. The Morgan fingerprint density at radius 3 is 2.24 bits per heavy atom. The second kappa shape index (κ2) is 4.35. The van der Waals surface area contributed by atoms with Crippen LogP contribution in [0.25, 0.3) is 0 Å². The van der Waals surface area contributed by atoms with Gasteiger partial charge in [0.2, 0.25) is 0 Å². The third-order valence-electron chi connectivity index (χ3n) is 3.59. The zero-order chi connectivity index (χ0) is 13.4. The van der Waals surface area contributed by atoms with E-state index in [0.29, 0.717) is 18.0 Å². The van der Waals surface area contributed by atoms with Crippen molar-refractivity contribution in [3.63, 3.8) is 0 Å². The lowest BCUT2D eigenvalue weighted by Crippen LogP contribution is -2.66. The zero-order valence-corrected chi connectivity index (χ0v) is 11.8. The fourth-order valence-corrected chi connectivity index (χ4v) is 2.55. The smallest absolute Gasteiger partial charge is 0.225 e. The first-order valence-electron chi connectivity index (χ1n) is 6.13. The summed E-state index contributed by atoms with van der Waals surface area (Å²) in [4.78, 5) is 24.7. The summed E-state index contributed by atoms with van der Waals surface area (Å²) in [6.45, 7) is 6.54. The second-order valence-corrected chi connectivity index (χ2v) is 5.83. The normalized spacial score (nSPS) is 30.1. The van der Waals surface area contributed by atoms with Gasteiger partial charge in [0.25, 0.3) is 0 Å². The molecule has 1 aliphatic rings. The largest absolute Gasteiger partial charge is 0.526 e. The van der Waals surface area contributed by atoms with Gasteiger partial charge in [0.1, 0.15) is 18.3 Å². The molecule has 0 aromatic carbocycles. The molecule has 1 aliphatic heterocycles. The number of imide groups is 1. The molecular formula is C13H24N2O2+2. The van der Waals surface area contributed by atoms with Gasteiger partial charge in [0.05, 0.1) is 21.1 Å². The van der Waals surface area contributed by atoms with E-state index in [0.717, 1.165) is 6.42 Å². The first kappa shape index (κ1) is 14.1. The fraction of sp³-hybridized carbons (Fsp3) is 0.692. The van der Waals surface area contributed by atoms with Crippen LogP contribution in [0, 0.1) is 5.92 Å². The van der Waals surface area contributed by atoms with E-state index >= 15 is 0 Å². The maximum Gasteiger partial charge on any atom is 0.526 e. The first-order valence-corrected chi connectivity index (χ1v) is 6.13. The van der Waals surface area contributed by atoms with Crippen molar-refractivity contribution < 1.29 is 18.6 Å². The average Bonchev–Trinajstić information content (AvgIpc) is 2.24. The first-order chi connectivity index (χ1) is 7.65. The van der Waals surface area contributed by atoms with Crippen LogP contribution >= 0.6 is 0 Å². The molecule has 17 heavy (non-hydrogen) atoms. The molecule has 0 bridgehead atoms. The topological polar surface area (TPSA) is 34.1 Å². The Hall–Kier alpha value is -1.00. The van der Waals surface area contributed by atoms with Gasteiger partial charge in [-0.2, -0.15) is 9.28 Å². The lowest BCUT2D eigenvalue weighted by atomic mass is 10.1. The number of carbonyl (C=O) groups excluding carboxylic acids is 2. The number of hydrogen-bond donors (Lipinski definition) is 0. The van der Waals surface area contributed by atoms with Crippen molar-refractivity contribution in [1.29, 1.82) is 0 Å². The molecule has 0 aliphatic carbocycles. The highest BCUT2D eigenvalue weighted by atomic mass is 16.2. The van der Waals surface area contributed by atoms with Gasteiger partial charge >= 0.3 is 11.9 Å². The summed E-state index contributed by atoms with van der Waals surface area (Å²) < 4.78 is 0.0366. The summed E-state index contributed by atoms with van der Waals surface area (Å²) in [6.07, 6.45) is 2.71. The third-order valence-corrected chi connectivity index (χ3v) is 3.59. The molecule has 3 amide bonds. The van der Waals surface area contributed by atoms with Crippen molar-refractivity contribution in [1.82, 2.24) is 0 Å². The maximum absolute atomic E-state index is 12.5. The molecule has 96 valence electrons. The van der Waals surface area contributed by atoms with E-state index in [1.54, 1.807) is 20.2 Å². The predicted molar refractivity (Wildman–Crippen MR) is 66.8 cm³/mol. The van der Waals surface area contributed by atoms with Gasteiger partial charge in [-0.3, -0.25) is 0 Å². The Kier molecular flexibility index (Phi) is 3.60. The summed E-state index contributed by atoms with van der Waals surface area (Å²) in [5, 5.41) is 0. The number of nitrogens with zero attached hydrogens (tertiary/aromatic N) is 2. The summed E-state index contributed by atoms with van der Waals surface area (Å²) in [5.74, 6) is 0.298. The molecule has 0 radical (unpaired) electrons. The molecule has 4 heteroatoms. The molecule has 0 saturated carbocycles. The number of carbonyl (C=O) groups is 2. The lowest BCUT2D eigenvalue weighted by Gasteiger charge is -2.37. The third kappa shape index (κ3) is 2.33. The Morgan fingerprint density at radius 1 is 1.24 bits per heavy atom. The Bertz CT molecular complexity index is 385. The number of likely N-dealkylation sites (N-methyl/N-ethyl adjacent to an activating group) is 1. The molecule has 0 aromatic heterocycles. The van der Waals surface area contributed by atoms with Crippen molar-refractivity contribution in [2.75, 3.05) is 27.7 Å². The van der Waals surface area contributed by atoms with Gasteiger partial charge in [-0.25, -0.2) is 4.79 Å². The van der Waals surface area contributed by atoms with E-state index in [1.807, 2.05) is 14.1 Å². The number of rotatable bonds is 3. The molecule has 1 rings (SSSR count). The van der Waals surface area contributed by atoms with Crippen molar-refractivity contribution >= 4 is 11.9 Å². The Labute approximate surface area is 104 Å². The second-order valence-electron chi connectivity index (χ2n) is 5.83. The standard InChI is InChI=1S/C13H24N2O2/c1-7-10(2)8-15(6)12(16)11(3)9-14(4,5)13(15)17/h9-10H,7-8H2,1-6H3/q+2. The Morgan fingerprint density at radius 2 is 1.76 bits per heavy atom. The maximum atomic E-state index is 12.5. The van der Waals surface area contributed by atoms with E-state index in [4.69, 9.17) is 0 Å². The molecule has 2 atom stereocenters. The van der Waals surface area contributed by atoms with Crippen LogP contribution in [-0.2, 0) is 4.79 Å². The predicted octanol–water partition coefficient (Wildman–Crippen LogP) is 2.12. The van der Waals surface area contributed by atoms with Gasteiger partial charge in [-0.15, -0.1) is 4.48 Å². The van der Waals surface area contributed by atoms with Gasteiger partial charge < -0.3 is 0 Å². The summed E-state index contributed by atoms with van der Waals surface area (Å²) in [7, 11) is 5.39. The number of urea groups is 1. The van der Waals surface area contributed by atoms with Crippen LogP contribution in [0.15, 0.2) is 11.8 Å². The average molecular weight is 240 g/mol. The highest BCUT2D eigenvalue weighted by Gasteiger charge is 2.55. The number of amides is 3. The highest BCUT2D eigenvalue weighted by molar-refractivity contribution is 5.94. The summed E-state index contributed by atoms with van der Waals surface area (Å²) >= 11 is 0. The van der Waals surface area contributed by atoms with Crippen molar-refractivity contribution in [3.8, 4) is 0 Å². The number of quaternary nitrogens is 2. The van der Waals surface area contributed by atoms with Gasteiger partial charge in [-0.1, -0.05) is 13.8 Å². The van der Waals surface area contributed by atoms with Crippen LogP contribution in [0.3, 0.4) is 0 Å². The molecule has 0 saturated heterocycles. The van der Waals surface area contributed by atoms with Crippen LogP contribution in [0.2, 0.25) is 0 Å². The van der Waals surface area contributed by atoms with Crippen molar-refractivity contribution in [2.45, 2.75) is 27.2 Å². The highest BCUT2D eigenvalue weighted by Crippen LogP contribution is 2.26. The molecule has 0 fully saturated rings. The molecule has 0 N–H and O–H groups in total. The lowest BCUT2D eigenvalue weighted by molar-refractivity contribution is -0.889. The summed E-state index contributed by atoms with van der Waals surface area (Å²) in [5.41, 5.74) is 0.681. The summed E-state index contributed by atoms with van der Waals surface area (Å²) in [6, 6.07) is -0.0547. The SMILES string of the molecule is CCC(C)C[N+]1(C)C(=O)C(C)=C[N+](C)(C)C1=O. The molecule has 0 spiro atoms. The van der Waals surface area contributed by atoms with E-state index in [1.165, 1.54) is 0 Å². The monoisotopic (exact) mass is 240 g/mol.